The van der Waals surface area contributed by atoms with Gasteiger partial charge in [0.1, 0.15) is 0 Å². The van der Waals surface area contributed by atoms with Crippen LogP contribution in [-0.2, 0) is 9.31 Å². The largest absolute Gasteiger partial charge is 0.495 e. The Morgan fingerprint density at radius 2 is 1.41 bits per heavy atom. The summed E-state index contributed by atoms with van der Waals surface area (Å²) >= 11 is 0. The minimum atomic E-state index is -0.392. The molecule has 0 atom stereocenters. The van der Waals surface area contributed by atoms with Crippen LogP contribution >= 0.6 is 0 Å². The minimum Gasteiger partial charge on any atom is -0.399 e. The van der Waals surface area contributed by atoms with E-state index in [9.17, 15) is 0 Å². The molecule has 0 N–H and O–H groups in total. The van der Waals surface area contributed by atoms with Crippen molar-refractivity contribution in [1.29, 1.82) is 0 Å². The molecule has 3 nitrogen and oxygen atoms in total. The van der Waals surface area contributed by atoms with E-state index in [1.54, 1.807) is 0 Å². The zero-order valence-electron chi connectivity index (χ0n) is 17.8. The van der Waals surface area contributed by atoms with Gasteiger partial charge in [-0.15, -0.1) is 0 Å². The maximum absolute atomic E-state index is 6.28. The number of aliphatic imine (C=N–C) groups is 1. The second-order valence-corrected chi connectivity index (χ2v) is 8.62. The molecule has 1 saturated heterocycles. The van der Waals surface area contributed by atoms with Crippen LogP contribution in [0.4, 0.5) is 5.69 Å². The molecule has 3 rings (SSSR count). The van der Waals surface area contributed by atoms with Gasteiger partial charge >= 0.3 is 7.12 Å². The van der Waals surface area contributed by atoms with Crippen LogP contribution in [0.2, 0.25) is 0 Å². The highest BCUT2D eigenvalue weighted by molar-refractivity contribution is 6.63. The molecule has 1 aliphatic rings. The SMILES string of the molecule is CC(=Nc1c(C)cc(C)cc1C)c1ccccc1B1OC(C)(C)C(C)(C)O1. The van der Waals surface area contributed by atoms with Crippen LogP contribution in [0.15, 0.2) is 41.4 Å². The fraction of sp³-hybridized carbons (Fsp3) is 0.435. The number of aryl methyl sites for hydroxylation is 3. The Morgan fingerprint density at radius 1 is 0.889 bits per heavy atom. The molecule has 1 fully saturated rings. The van der Waals surface area contributed by atoms with Gasteiger partial charge in [0.25, 0.3) is 0 Å². The zero-order valence-corrected chi connectivity index (χ0v) is 17.8. The predicted molar refractivity (Wildman–Crippen MR) is 115 cm³/mol. The van der Waals surface area contributed by atoms with Crippen molar-refractivity contribution in [3.63, 3.8) is 0 Å². The van der Waals surface area contributed by atoms with E-state index >= 15 is 0 Å². The lowest BCUT2D eigenvalue weighted by Crippen LogP contribution is -2.41. The molecule has 0 spiro atoms. The summed E-state index contributed by atoms with van der Waals surface area (Å²) in [5.41, 5.74) is 7.03. The highest BCUT2D eigenvalue weighted by Gasteiger charge is 2.52. The summed E-state index contributed by atoms with van der Waals surface area (Å²) in [5, 5.41) is 0. The first-order valence-electron chi connectivity index (χ1n) is 9.60. The number of hydrogen-bond donors (Lipinski definition) is 0. The van der Waals surface area contributed by atoms with Gasteiger partial charge < -0.3 is 9.31 Å². The van der Waals surface area contributed by atoms with Crippen LogP contribution in [0.25, 0.3) is 0 Å². The summed E-state index contributed by atoms with van der Waals surface area (Å²) in [6, 6.07) is 12.6. The van der Waals surface area contributed by atoms with Crippen LogP contribution < -0.4 is 5.46 Å². The summed E-state index contributed by atoms with van der Waals surface area (Å²) in [4.78, 5) is 4.98. The highest BCUT2D eigenvalue weighted by Crippen LogP contribution is 2.36. The molecule has 1 aliphatic heterocycles. The quantitative estimate of drug-likeness (QED) is 0.564. The van der Waals surface area contributed by atoms with Gasteiger partial charge in [0.05, 0.1) is 16.9 Å². The lowest BCUT2D eigenvalue weighted by Gasteiger charge is -2.32. The van der Waals surface area contributed by atoms with Crippen molar-refractivity contribution in [2.75, 3.05) is 0 Å². The molecular formula is C23H30BNO2. The van der Waals surface area contributed by atoms with Crippen molar-refractivity contribution in [3.8, 4) is 0 Å². The Hall–Kier alpha value is -1.91. The highest BCUT2D eigenvalue weighted by atomic mass is 16.7. The molecule has 142 valence electrons. The Bertz CT molecular complexity index is 860. The second-order valence-electron chi connectivity index (χ2n) is 8.62. The van der Waals surface area contributed by atoms with Crippen molar-refractivity contribution in [2.24, 2.45) is 4.99 Å². The monoisotopic (exact) mass is 363 g/mol. The van der Waals surface area contributed by atoms with Crippen LogP contribution in [0, 0.1) is 20.8 Å². The molecule has 0 amide bonds. The Kier molecular flexibility index (Phi) is 5.09. The van der Waals surface area contributed by atoms with E-state index in [0.29, 0.717) is 0 Å². The van der Waals surface area contributed by atoms with E-state index in [0.717, 1.165) is 22.4 Å². The van der Waals surface area contributed by atoms with Crippen LogP contribution in [0.1, 0.15) is 56.9 Å². The van der Waals surface area contributed by atoms with Gasteiger partial charge in [-0.05, 0) is 77.5 Å². The maximum atomic E-state index is 6.28. The number of benzene rings is 2. The molecule has 0 unspecified atom stereocenters. The first kappa shape index (κ1) is 19.8. The standard InChI is InChI=1S/C23H30BNO2/c1-15-13-16(2)21(17(3)14-15)25-18(4)19-11-9-10-12-20(19)24-26-22(5,6)23(7,8)27-24/h9-14H,1-8H3. The van der Waals surface area contributed by atoms with E-state index in [2.05, 4.69) is 79.7 Å². The summed E-state index contributed by atoms with van der Waals surface area (Å²) in [5.74, 6) is 0. The van der Waals surface area contributed by atoms with Gasteiger partial charge in [0.15, 0.2) is 0 Å². The second kappa shape index (κ2) is 6.92. The predicted octanol–water partition coefficient (Wildman–Crippen LogP) is 5.05. The van der Waals surface area contributed by atoms with E-state index < -0.39 is 7.12 Å². The third-order valence-electron chi connectivity index (χ3n) is 5.77. The molecule has 1 heterocycles. The molecule has 0 aromatic heterocycles. The van der Waals surface area contributed by atoms with Gasteiger partial charge in [-0.2, -0.15) is 0 Å². The summed E-state index contributed by atoms with van der Waals surface area (Å²) in [6.07, 6.45) is 0. The van der Waals surface area contributed by atoms with Gasteiger partial charge in [-0.3, -0.25) is 4.99 Å². The number of rotatable bonds is 3. The van der Waals surface area contributed by atoms with Gasteiger partial charge in [0.2, 0.25) is 0 Å². The number of nitrogens with zero attached hydrogens (tertiary/aromatic N) is 1. The lowest BCUT2D eigenvalue weighted by atomic mass is 9.75. The molecule has 2 aromatic carbocycles. The molecule has 27 heavy (non-hydrogen) atoms. The topological polar surface area (TPSA) is 30.8 Å². The average molecular weight is 363 g/mol. The Morgan fingerprint density at radius 3 is 1.96 bits per heavy atom. The van der Waals surface area contributed by atoms with Gasteiger partial charge in [0, 0.05) is 5.71 Å². The molecule has 0 saturated carbocycles. The van der Waals surface area contributed by atoms with Gasteiger partial charge in [-0.1, -0.05) is 42.0 Å². The first-order chi connectivity index (χ1) is 12.5. The molecule has 4 heteroatoms. The minimum absolute atomic E-state index is 0.361. The van der Waals surface area contributed by atoms with E-state index in [1.807, 2.05) is 12.1 Å². The third-order valence-corrected chi connectivity index (χ3v) is 5.77. The van der Waals surface area contributed by atoms with Crippen molar-refractivity contribution in [3.05, 3.63) is 58.7 Å². The summed E-state index contributed by atoms with van der Waals surface area (Å²) in [7, 11) is -0.392. The first-order valence-corrected chi connectivity index (χ1v) is 9.60. The van der Waals surface area contributed by atoms with Crippen molar-refractivity contribution in [2.45, 2.75) is 66.6 Å². The average Bonchev–Trinajstić information content (AvgIpc) is 2.78. The Labute approximate surface area is 164 Å². The van der Waals surface area contributed by atoms with Crippen LogP contribution in [0.5, 0.6) is 0 Å². The van der Waals surface area contributed by atoms with Crippen LogP contribution in [-0.4, -0.2) is 24.0 Å². The van der Waals surface area contributed by atoms with Crippen molar-refractivity contribution in [1.82, 2.24) is 0 Å². The molecular weight excluding hydrogens is 333 g/mol. The van der Waals surface area contributed by atoms with Crippen molar-refractivity contribution < 1.29 is 9.31 Å². The maximum Gasteiger partial charge on any atom is 0.495 e. The molecule has 2 aromatic rings. The summed E-state index contributed by atoms with van der Waals surface area (Å²) in [6.45, 7) is 16.7. The van der Waals surface area contributed by atoms with Crippen molar-refractivity contribution >= 4 is 24.0 Å². The molecule has 0 aliphatic carbocycles. The third kappa shape index (κ3) is 3.74. The van der Waals surface area contributed by atoms with E-state index in [1.165, 1.54) is 16.7 Å². The zero-order chi connectivity index (χ0) is 20.0. The van der Waals surface area contributed by atoms with Gasteiger partial charge in [-0.25, -0.2) is 0 Å². The normalized spacial score (nSPS) is 18.8. The van der Waals surface area contributed by atoms with E-state index in [4.69, 9.17) is 14.3 Å². The smallest absolute Gasteiger partial charge is 0.399 e. The molecule has 0 radical (unpaired) electrons. The lowest BCUT2D eigenvalue weighted by molar-refractivity contribution is 0.00578. The fourth-order valence-electron chi connectivity index (χ4n) is 3.58. The van der Waals surface area contributed by atoms with Crippen LogP contribution in [0.3, 0.4) is 0 Å². The summed E-state index contributed by atoms with van der Waals surface area (Å²) < 4.78 is 12.6. The van der Waals surface area contributed by atoms with E-state index in [-0.39, 0.29) is 11.2 Å². The Balaban J connectivity index is 2.02. The number of hydrogen-bond acceptors (Lipinski definition) is 3. The molecule has 0 bridgehead atoms. The fourth-order valence-corrected chi connectivity index (χ4v) is 3.58.